The van der Waals surface area contributed by atoms with E-state index in [2.05, 4.69) is 11.4 Å². The van der Waals surface area contributed by atoms with Gasteiger partial charge in [-0.1, -0.05) is 25.7 Å². The van der Waals surface area contributed by atoms with Gasteiger partial charge >= 0.3 is 0 Å². The Morgan fingerprint density at radius 3 is 2.48 bits per heavy atom. The lowest BCUT2D eigenvalue weighted by Gasteiger charge is -2.33. The number of amides is 1. The van der Waals surface area contributed by atoms with Gasteiger partial charge in [0.05, 0.1) is 12.2 Å². The molecular formula is C16H26N2O3. The zero-order valence-corrected chi connectivity index (χ0v) is 12.9. The van der Waals surface area contributed by atoms with Crippen LogP contribution in [-0.2, 0) is 14.3 Å². The van der Waals surface area contributed by atoms with Gasteiger partial charge < -0.3 is 14.8 Å². The molecule has 5 nitrogen and oxygen atoms in total. The predicted molar refractivity (Wildman–Crippen MR) is 78.6 cm³/mol. The Bertz CT molecular complexity index is 377. The van der Waals surface area contributed by atoms with Crippen molar-refractivity contribution < 1.29 is 14.3 Å². The fraction of sp³-hybridized carbons (Fsp3) is 0.875. The SMILES string of the molecule is C[C@@H](OC1CCCCCC1)C(=O)NC1(C#N)CCOCC1. The lowest BCUT2D eigenvalue weighted by molar-refractivity contribution is -0.138. The van der Waals surface area contributed by atoms with Crippen molar-refractivity contribution in [2.24, 2.45) is 0 Å². The molecule has 118 valence electrons. The van der Waals surface area contributed by atoms with E-state index in [4.69, 9.17) is 9.47 Å². The summed E-state index contributed by atoms with van der Waals surface area (Å²) < 4.78 is 11.2. The van der Waals surface area contributed by atoms with Crippen LogP contribution in [0.5, 0.6) is 0 Å². The number of nitrogens with one attached hydrogen (secondary N) is 1. The Morgan fingerprint density at radius 2 is 1.90 bits per heavy atom. The van der Waals surface area contributed by atoms with Gasteiger partial charge in [0.2, 0.25) is 5.91 Å². The Balaban J connectivity index is 1.85. The summed E-state index contributed by atoms with van der Waals surface area (Å²) in [6.07, 6.45) is 7.73. The molecule has 0 unspecified atom stereocenters. The van der Waals surface area contributed by atoms with Gasteiger partial charge in [-0.3, -0.25) is 4.79 Å². The highest BCUT2D eigenvalue weighted by Gasteiger charge is 2.35. The lowest BCUT2D eigenvalue weighted by atomic mass is 9.91. The number of nitriles is 1. The monoisotopic (exact) mass is 294 g/mol. The van der Waals surface area contributed by atoms with E-state index in [-0.39, 0.29) is 12.0 Å². The van der Waals surface area contributed by atoms with Gasteiger partial charge in [0.15, 0.2) is 0 Å². The van der Waals surface area contributed by atoms with E-state index in [0.717, 1.165) is 12.8 Å². The Labute approximate surface area is 127 Å². The summed E-state index contributed by atoms with van der Waals surface area (Å²) >= 11 is 0. The van der Waals surface area contributed by atoms with Crippen LogP contribution in [0.4, 0.5) is 0 Å². The molecule has 2 fully saturated rings. The van der Waals surface area contributed by atoms with Crippen molar-refractivity contribution in [3.8, 4) is 6.07 Å². The average Bonchev–Trinajstić information content (AvgIpc) is 2.76. The molecule has 5 heteroatoms. The summed E-state index contributed by atoms with van der Waals surface area (Å²) in [5.74, 6) is -0.178. The van der Waals surface area contributed by atoms with Crippen LogP contribution in [0.2, 0.25) is 0 Å². The molecule has 0 aromatic carbocycles. The standard InChI is InChI=1S/C16H26N2O3/c1-13(21-14-6-4-2-3-5-7-14)15(19)18-16(12-17)8-10-20-11-9-16/h13-14H,2-11H2,1H3,(H,18,19)/t13-/m1/s1. The minimum absolute atomic E-state index is 0.178. The van der Waals surface area contributed by atoms with Gasteiger partial charge in [0.1, 0.15) is 11.6 Å². The van der Waals surface area contributed by atoms with Gasteiger partial charge in [-0.05, 0) is 19.8 Å². The van der Waals surface area contributed by atoms with Crippen molar-refractivity contribution >= 4 is 5.91 Å². The zero-order chi connectivity index (χ0) is 15.1. The first kappa shape index (κ1) is 16.3. The van der Waals surface area contributed by atoms with E-state index in [1.165, 1.54) is 25.7 Å². The number of rotatable bonds is 4. The number of hydrogen-bond donors (Lipinski definition) is 1. The molecule has 2 rings (SSSR count). The van der Waals surface area contributed by atoms with E-state index in [9.17, 15) is 10.1 Å². The van der Waals surface area contributed by atoms with E-state index in [0.29, 0.717) is 26.1 Å². The normalized spacial score (nSPS) is 24.6. The van der Waals surface area contributed by atoms with E-state index in [1.807, 2.05) is 0 Å². The predicted octanol–water partition coefficient (Wildman–Crippen LogP) is 2.30. The maximum absolute atomic E-state index is 12.3. The minimum Gasteiger partial charge on any atom is -0.381 e. The molecule has 0 spiro atoms. The summed E-state index contributed by atoms with van der Waals surface area (Å²) in [4.78, 5) is 12.3. The highest BCUT2D eigenvalue weighted by atomic mass is 16.5. The fourth-order valence-corrected chi connectivity index (χ4v) is 3.05. The second-order valence-electron chi connectivity index (χ2n) is 6.19. The maximum Gasteiger partial charge on any atom is 0.250 e. The molecule has 1 atom stereocenters. The van der Waals surface area contributed by atoms with Gasteiger partial charge in [-0.2, -0.15) is 5.26 Å². The first-order valence-electron chi connectivity index (χ1n) is 8.12. The van der Waals surface area contributed by atoms with Crippen LogP contribution in [0, 0.1) is 11.3 Å². The molecule has 1 amide bonds. The molecule has 0 aromatic rings. The first-order chi connectivity index (χ1) is 10.2. The van der Waals surface area contributed by atoms with E-state index in [1.54, 1.807) is 6.92 Å². The van der Waals surface area contributed by atoms with Crippen LogP contribution in [0.25, 0.3) is 0 Å². The van der Waals surface area contributed by atoms with Gasteiger partial charge in [-0.25, -0.2) is 0 Å². The third-order valence-electron chi connectivity index (χ3n) is 4.49. The van der Waals surface area contributed by atoms with Gasteiger partial charge in [-0.15, -0.1) is 0 Å². The van der Waals surface area contributed by atoms with E-state index < -0.39 is 11.6 Å². The molecule has 1 saturated heterocycles. The molecule has 0 aromatic heterocycles. The van der Waals surface area contributed by atoms with Crippen LogP contribution in [-0.4, -0.2) is 36.9 Å². The molecule has 21 heavy (non-hydrogen) atoms. The number of hydrogen-bond acceptors (Lipinski definition) is 4. The summed E-state index contributed by atoms with van der Waals surface area (Å²) in [7, 11) is 0. The highest BCUT2D eigenvalue weighted by Crippen LogP contribution is 2.22. The molecule has 2 aliphatic rings. The second kappa shape index (κ2) is 7.77. The topological polar surface area (TPSA) is 71.3 Å². The Hall–Kier alpha value is -1.12. The van der Waals surface area contributed by atoms with Gasteiger partial charge in [0.25, 0.3) is 0 Å². The molecule has 1 aliphatic carbocycles. The van der Waals surface area contributed by atoms with Gasteiger partial charge in [0, 0.05) is 26.1 Å². The number of ether oxygens (including phenoxy) is 2. The van der Waals surface area contributed by atoms with Crippen molar-refractivity contribution in [1.29, 1.82) is 5.26 Å². The summed E-state index contributed by atoms with van der Waals surface area (Å²) in [5.41, 5.74) is -0.781. The quantitative estimate of drug-likeness (QED) is 0.808. The van der Waals surface area contributed by atoms with Crippen LogP contribution < -0.4 is 5.32 Å². The molecule has 1 saturated carbocycles. The molecule has 0 bridgehead atoms. The van der Waals surface area contributed by atoms with Crippen molar-refractivity contribution in [3.63, 3.8) is 0 Å². The summed E-state index contributed by atoms with van der Waals surface area (Å²) in [6.45, 7) is 2.82. The summed E-state index contributed by atoms with van der Waals surface area (Å²) in [6, 6.07) is 2.25. The lowest BCUT2D eigenvalue weighted by Crippen LogP contribution is -2.54. The minimum atomic E-state index is -0.781. The molecular weight excluding hydrogens is 268 g/mol. The maximum atomic E-state index is 12.3. The van der Waals surface area contributed by atoms with Crippen LogP contribution in [0.3, 0.4) is 0 Å². The zero-order valence-electron chi connectivity index (χ0n) is 12.9. The highest BCUT2D eigenvalue weighted by molar-refractivity contribution is 5.81. The van der Waals surface area contributed by atoms with Crippen LogP contribution in [0.15, 0.2) is 0 Å². The van der Waals surface area contributed by atoms with E-state index >= 15 is 0 Å². The fourth-order valence-electron chi connectivity index (χ4n) is 3.05. The second-order valence-corrected chi connectivity index (χ2v) is 6.19. The van der Waals surface area contributed by atoms with Crippen LogP contribution in [0.1, 0.15) is 58.3 Å². The number of nitrogens with zero attached hydrogens (tertiary/aromatic N) is 1. The van der Waals surface area contributed by atoms with Crippen molar-refractivity contribution in [2.45, 2.75) is 76.0 Å². The third-order valence-corrected chi connectivity index (χ3v) is 4.49. The number of carbonyl (C=O) groups is 1. The first-order valence-corrected chi connectivity index (χ1v) is 8.12. The smallest absolute Gasteiger partial charge is 0.250 e. The van der Waals surface area contributed by atoms with Crippen molar-refractivity contribution in [2.75, 3.05) is 13.2 Å². The Morgan fingerprint density at radius 1 is 1.29 bits per heavy atom. The molecule has 1 N–H and O–H groups in total. The van der Waals surface area contributed by atoms with Crippen molar-refractivity contribution in [3.05, 3.63) is 0 Å². The number of carbonyl (C=O) groups excluding carboxylic acids is 1. The Kier molecular flexibility index (Phi) is 6.01. The third kappa shape index (κ3) is 4.69. The summed E-state index contributed by atoms with van der Waals surface area (Å²) in [5, 5.41) is 12.3. The molecule has 1 aliphatic heterocycles. The molecule has 1 heterocycles. The van der Waals surface area contributed by atoms with Crippen LogP contribution >= 0.6 is 0 Å². The van der Waals surface area contributed by atoms with Crippen molar-refractivity contribution in [1.82, 2.24) is 5.32 Å². The largest absolute Gasteiger partial charge is 0.381 e. The molecule has 0 radical (unpaired) electrons. The average molecular weight is 294 g/mol.